The molecule has 0 N–H and O–H groups in total. The molecule has 3 aromatic rings. The third-order valence-corrected chi connectivity index (χ3v) is 4.48. The lowest BCUT2D eigenvalue weighted by molar-refractivity contribution is 0.359. The van der Waals surface area contributed by atoms with E-state index >= 15 is 0 Å². The van der Waals surface area contributed by atoms with Crippen molar-refractivity contribution in [1.82, 2.24) is 14.5 Å². The molecule has 0 fully saturated rings. The first kappa shape index (κ1) is 13.3. The van der Waals surface area contributed by atoms with Crippen LogP contribution in [0.2, 0.25) is 0 Å². The van der Waals surface area contributed by atoms with Crippen LogP contribution in [0.1, 0.15) is 5.56 Å². The van der Waals surface area contributed by atoms with Gasteiger partial charge in [0, 0.05) is 23.7 Å². The number of pyridine rings is 1. The van der Waals surface area contributed by atoms with Crippen LogP contribution < -0.4 is 10.3 Å². The highest BCUT2D eigenvalue weighted by molar-refractivity contribution is 7.98. The van der Waals surface area contributed by atoms with E-state index in [-0.39, 0.29) is 5.56 Å². The van der Waals surface area contributed by atoms with E-state index < -0.39 is 0 Å². The topological polar surface area (TPSA) is 57.0 Å². The maximum Gasteiger partial charge on any atom is 0.263 e. The Hall–Kier alpha value is -2.34. The number of fused-ring (bicyclic) bond motifs is 3. The highest BCUT2D eigenvalue weighted by atomic mass is 32.2. The molecule has 1 aliphatic heterocycles. The smallest absolute Gasteiger partial charge is 0.263 e. The molecule has 22 heavy (non-hydrogen) atoms. The molecule has 1 aliphatic rings. The zero-order valence-electron chi connectivity index (χ0n) is 11.9. The van der Waals surface area contributed by atoms with Crippen LogP contribution >= 0.6 is 11.8 Å². The fourth-order valence-corrected chi connectivity index (χ4v) is 3.20. The van der Waals surface area contributed by atoms with Crippen LogP contribution in [0.4, 0.5) is 0 Å². The molecule has 0 unspecified atom stereocenters. The second kappa shape index (κ2) is 5.14. The Bertz CT molecular complexity index is 936. The average molecular weight is 311 g/mol. The molecule has 110 valence electrons. The first-order chi connectivity index (χ1) is 10.8. The molecule has 0 amide bonds. The molecule has 0 bridgehead atoms. The van der Waals surface area contributed by atoms with Crippen LogP contribution in [-0.2, 0) is 6.42 Å². The fourth-order valence-electron chi connectivity index (χ4n) is 2.75. The van der Waals surface area contributed by atoms with Gasteiger partial charge in [-0.3, -0.25) is 9.36 Å². The maximum absolute atomic E-state index is 12.9. The van der Waals surface area contributed by atoms with Crippen LogP contribution in [0.15, 0.2) is 46.3 Å². The van der Waals surface area contributed by atoms with Gasteiger partial charge in [0.25, 0.3) is 5.56 Å². The van der Waals surface area contributed by atoms with Crippen molar-refractivity contribution in [3.63, 3.8) is 0 Å². The molecule has 6 heteroatoms. The molecule has 3 heterocycles. The first-order valence-corrected chi connectivity index (χ1v) is 8.18. The van der Waals surface area contributed by atoms with Gasteiger partial charge in [-0.25, -0.2) is 9.97 Å². The number of benzene rings is 1. The quantitative estimate of drug-likeness (QED) is 0.680. The summed E-state index contributed by atoms with van der Waals surface area (Å²) in [4.78, 5) is 22.7. The van der Waals surface area contributed by atoms with E-state index in [4.69, 9.17) is 4.74 Å². The standard InChI is InChI=1S/C16H13N3O2S/c1-22-11-4-2-3-10(9-11)19-15-13(17-6-7-18-15)14-12(16(19)20)5-8-21-14/h2-4,6-7,9H,5,8H2,1H3. The molecule has 0 saturated carbocycles. The SMILES string of the molecule is CSc1cccc(-n2c(=O)c3c(c4nccnc42)OCC3)c1. The van der Waals surface area contributed by atoms with Gasteiger partial charge in [0.05, 0.1) is 17.9 Å². The minimum Gasteiger partial charge on any atom is -0.490 e. The van der Waals surface area contributed by atoms with Crippen LogP contribution in [0.25, 0.3) is 16.9 Å². The molecular formula is C16H13N3O2S. The van der Waals surface area contributed by atoms with Gasteiger partial charge in [-0.1, -0.05) is 6.07 Å². The second-order valence-electron chi connectivity index (χ2n) is 4.98. The van der Waals surface area contributed by atoms with Crippen LogP contribution in [0.3, 0.4) is 0 Å². The van der Waals surface area contributed by atoms with Crippen LogP contribution in [0, 0.1) is 0 Å². The molecule has 2 aromatic heterocycles. The summed E-state index contributed by atoms with van der Waals surface area (Å²) < 4.78 is 7.24. The van der Waals surface area contributed by atoms with Crippen molar-refractivity contribution in [2.24, 2.45) is 0 Å². The molecule has 0 atom stereocenters. The summed E-state index contributed by atoms with van der Waals surface area (Å²) in [6.07, 6.45) is 5.84. The van der Waals surface area contributed by atoms with Crippen LogP contribution in [-0.4, -0.2) is 27.4 Å². The Morgan fingerprint density at radius 3 is 3.00 bits per heavy atom. The normalized spacial score (nSPS) is 13.1. The lowest BCUT2D eigenvalue weighted by atomic mass is 10.2. The monoisotopic (exact) mass is 311 g/mol. The Morgan fingerprint density at radius 2 is 2.14 bits per heavy atom. The van der Waals surface area contributed by atoms with Crippen LogP contribution in [0.5, 0.6) is 5.75 Å². The predicted octanol–water partition coefficient (Wildman–Crippen LogP) is 2.44. The van der Waals surface area contributed by atoms with E-state index in [0.717, 1.165) is 10.6 Å². The number of ether oxygens (including phenoxy) is 1. The van der Waals surface area contributed by atoms with Gasteiger partial charge in [0.1, 0.15) is 5.52 Å². The minimum atomic E-state index is -0.0706. The van der Waals surface area contributed by atoms with Crippen molar-refractivity contribution in [1.29, 1.82) is 0 Å². The van der Waals surface area contributed by atoms with E-state index in [9.17, 15) is 4.79 Å². The molecule has 0 saturated heterocycles. The largest absolute Gasteiger partial charge is 0.490 e. The second-order valence-corrected chi connectivity index (χ2v) is 5.86. The molecule has 5 nitrogen and oxygen atoms in total. The molecule has 0 spiro atoms. The maximum atomic E-state index is 12.9. The highest BCUT2D eigenvalue weighted by Gasteiger charge is 2.24. The summed E-state index contributed by atoms with van der Waals surface area (Å²) in [6, 6.07) is 7.86. The van der Waals surface area contributed by atoms with Crippen molar-refractivity contribution in [3.05, 3.63) is 52.6 Å². The zero-order valence-corrected chi connectivity index (χ0v) is 12.8. The third kappa shape index (κ3) is 1.91. The summed E-state index contributed by atoms with van der Waals surface area (Å²) in [5.74, 6) is 0.588. The minimum absolute atomic E-state index is 0.0706. The van der Waals surface area contributed by atoms with Gasteiger partial charge in [0.15, 0.2) is 11.4 Å². The van der Waals surface area contributed by atoms with E-state index in [1.807, 2.05) is 30.5 Å². The van der Waals surface area contributed by atoms with Crippen molar-refractivity contribution < 1.29 is 4.74 Å². The summed E-state index contributed by atoms with van der Waals surface area (Å²) in [6.45, 7) is 0.519. The Balaban J connectivity index is 2.11. The van der Waals surface area contributed by atoms with Crippen molar-refractivity contribution in [2.75, 3.05) is 12.9 Å². The van der Waals surface area contributed by atoms with Gasteiger partial charge in [-0.15, -0.1) is 11.8 Å². The van der Waals surface area contributed by atoms with Gasteiger partial charge < -0.3 is 4.74 Å². The number of hydrogen-bond acceptors (Lipinski definition) is 5. The molecule has 4 rings (SSSR count). The summed E-state index contributed by atoms with van der Waals surface area (Å²) in [7, 11) is 0. The van der Waals surface area contributed by atoms with Gasteiger partial charge in [-0.2, -0.15) is 0 Å². The van der Waals surface area contributed by atoms with Crippen molar-refractivity contribution in [2.45, 2.75) is 11.3 Å². The third-order valence-electron chi connectivity index (χ3n) is 3.75. The number of nitrogens with zero attached hydrogens (tertiary/aromatic N) is 3. The molecule has 1 aromatic carbocycles. The summed E-state index contributed by atoms with van der Waals surface area (Å²) in [5, 5.41) is 0. The molecular weight excluding hydrogens is 298 g/mol. The first-order valence-electron chi connectivity index (χ1n) is 6.95. The Morgan fingerprint density at radius 1 is 1.27 bits per heavy atom. The van der Waals surface area contributed by atoms with E-state index in [1.54, 1.807) is 28.7 Å². The lowest BCUT2D eigenvalue weighted by Gasteiger charge is -2.12. The Kier molecular flexibility index (Phi) is 3.11. The van der Waals surface area contributed by atoms with Crippen molar-refractivity contribution in [3.8, 4) is 11.4 Å². The Labute approximate surface area is 131 Å². The molecule has 0 aliphatic carbocycles. The average Bonchev–Trinajstić information content (AvgIpc) is 3.06. The molecule has 0 radical (unpaired) electrons. The number of thioether (sulfide) groups is 1. The van der Waals surface area contributed by atoms with Gasteiger partial charge in [-0.05, 0) is 24.5 Å². The lowest BCUT2D eigenvalue weighted by Crippen LogP contribution is -2.22. The number of hydrogen-bond donors (Lipinski definition) is 0. The van der Waals surface area contributed by atoms with Crippen molar-refractivity contribution >= 4 is 22.9 Å². The highest BCUT2D eigenvalue weighted by Crippen LogP contribution is 2.30. The van der Waals surface area contributed by atoms with E-state index in [1.165, 1.54) is 0 Å². The summed E-state index contributed by atoms with van der Waals surface area (Å²) in [5.41, 5.74) is 2.59. The summed E-state index contributed by atoms with van der Waals surface area (Å²) >= 11 is 1.64. The van der Waals surface area contributed by atoms with Gasteiger partial charge >= 0.3 is 0 Å². The number of aromatic nitrogens is 3. The fraction of sp³-hybridized carbons (Fsp3) is 0.188. The van der Waals surface area contributed by atoms with E-state index in [0.29, 0.717) is 35.5 Å². The van der Waals surface area contributed by atoms with E-state index in [2.05, 4.69) is 9.97 Å². The zero-order chi connectivity index (χ0) is 15.1. The number of rotatable bonds is 2. The predicted molar refractivity (Wildman–Crippen MR) is 86.1 cm³/mol. The van der Waals surface area contributed by atoms with Gasteiger partial charge in [0.2, 0.25) is 0 Å².